The van der Waals surface area contributed by atoms with Gasteiger partial charge in [-0.25, -0.2) is 0 Å². The van der Waals surface area contributed by atoms with E-state index < -0.39 is 6.83 Å². The first-order valence-electron chi connectivity index (χ1n) is 7.06. The third-order valence-electron chi connectivity index (χ3n) is 3.03. The summed E-state index contributed by atoms with van der Waals surface area (Å²) in [5, 5.41) is 0. The molecule has 0 aliphatic rings. The molecule has 0 atom stereocenters. The van der Waals surface area contributed by atoms with Gasteiger partial charge in [-0.15, -0.1) is 0 Å². The summed E-state index contributed by atoms with van der Waals surface area (Å²) < 4.78 is 0. The van der Waals surface area contributed by atoms with E-state index in [0.717, 1.165) is 6.16 Å². The second-order valence-electron chi connectivity index (χ2n) is 6.58. The molecule has 0 fully saturated rings. The van der Waals surface area contributed by atoms with Crippen LogP contribution in [0.5, 0.6) is 0 Å². The van der Waals surface area contributed by atoms with Crippen molar-refractivity contribution < 1.29 is 4.89 Å². The van der Waals surface area contributed by atoms with E-state index in [9.17, 15) is 4.89 Å². The molecule has 0 aliphatic carbocycles. The molecular weight excluding hydrogens is 215 g/mol. The zero-order valence-electron chi connectivity index (χ0n) is 12.0. The summed E-state index contributed by atoms with van der Waals surface area (Å²) >= 11 is 0. The molecule has 0 unspecified atom stereocenters. The Morgan fingerprint density at radius 3 is 1.44 bits per heavy atom. The normalized spacial score (nSPS) is 14.7. The zero-order chi connectivity index (χ0) is 12.5. The molecule has 0 saturated heterocycles. The van der Waals surface area contributed by atoms with E-state index in [0.29, 0.717) is 0 Å². The fourth-order valence-electron chi connectivity index (χ4n) is 1.97. The monoisotopic (exact) mass is 248 g/mol. The van der Waals surface area contributed by atoms with Gasteiger partial charge in [-0.1, -0.05) is 0 Å². The van der Waals surface area contributed by atoms with Crippen molar-refractivity contribution >= 4 is 6.83 Å². The van der Waals surface area contributed by atoms with E-state index >= 15 is 0 Å². The van der Waals surface area contributed by atoms with Crippen LogP contribution < -0.4 is 0 Å². The quantitative estimate of drug-likeness (QED) is 0.432. The second kappa shape index (κ2) is 7.67. The first-order valence-corrected chi connectivity index (χ1v) is 10.8. The van der Waals surface area contributed by atoms with Crippen molar-refractivity contribution in [3.05, 3.63) is 0 Å². The molecule has 0 aromatic carbocycles. The van der Waals surface area contributed by atoms with Crippen LogP contribution in [0.25, 0.3) is 0 Å². The van der Waals surface area contributed by atoms with Gasteiger partial charge in [0.05, 0.1) is 0 Å². The van der Waals surface area contributed by atoms with Gasteiger partial charge in [0.25, 0.3) is 0 Å². The van der Waals surface area contributed by atoms with Crippen molar-refractivity contribution in [2.24, 2.45) is 0 Å². The summed E-state index contributed by atoms with van der Waals surface area (Å²) in [6.07, 6.45) is 13.3. The molecule has 0 aromatic heterocycles. The van der Waals surface area contributed by atoms with Gasteiger partial charge in [-0.3, -0.25) is 0 Å². The molecule has 0 saturated carbocycles. The predicted octanol–water partition coefficient (Wildman–Crippen LogP) is 4.87. The molecule has 0 radical (unpaired) electrons. The maximum atomic E-state index is 10.1. The third-order valence-corrected chi connectivity index (χ3v) is 4.89. The van der Waals surface area contributed by atoms with Crippen LogP contribution in [0.4, 0.5) is 0 Å². The Labute approximate surface area is 103 Å². The zero-order valence-corrected chi connectivity index (χ0v) is 12.9. The fraction of sp³-hybridized carbons (Fsp3) is 1.00. The molecule has 0 rings (SSSR count). The summed E-state index contributed by atoms with van der Waals surface area (Å²) in [6, 6.07) is 0. The van der Waals surface area contributed by atoms with Crippen LogP contribution in [-0.2, 0) is 0 Å². The minimum absolute atomic E-state index is 1.04. The van der Waals surface area contributed by atoms with Crippen LogP contribution in [0.15, 0.2) is 0 Å². The maximum absolute atomic E-state index is 10.1. The Bertz CT molecular complexity index is 160. The van der Waals surface area contributed by atoms with Gasteiger partial charge >= 0.3 is 103 Å². The third kappa shape index (κ3) is 14.4. The summed E-state index contributed by atoms with van der Waals surface area (Å²) in [5.41, 5.74) is 0. The second-order valence-corrected chi connectivity index (χ2v) is 13.1. The van der Waals surface area contributed by atoms with Crippen molar-refractivity contribution in [2.45, 2.75) is 64.7 Å². The van der Waals surface area contributed by atoms with Gasteiger partial charge in [0.15, 0.2) is 0 Å². The Morgan fingerprint density at radius 1 is 0.688 bits per heavy atom. The summed E-state index contributed by atoms with van der Waals surface area (Å²) in [5.74, 6) is 0. The fourth-order valence-corrected chi connectivity index (χ4v) is 3.28. The molecule has 0 bridgehead atoms. The van der Waals surface area contributed by atoms with E-state index in [1.165, 1.54) is 57.8 Å². The van der Waals surface area contributed by atoms with Crippen molar-refractivity contribution in [3.8, 4) is 0 Å². The van der Waals surface area contributed by atoms with Crippen molar-refractivity contribution in [1.29, 1.82) is 0 Å². The molecule has 2 heteroatoms. The standard InChI is InChI=1S/C14H33OP/c1-5-6-7-8-9-10-11-12-13-14-16(2,3,4)15/h15H,5-14H2,1-4H3. The van der Waals surface area contributed by atoms with Crippen LogP contribution in [0.2, 0.25) is 0 Å². The average molecular weight is 248 g/mol. The SMILES string of the molecule is CCCCCCCCCCCP(C)(C)(C)O. The van der Waals surface area contributed by atoms with Gasteiger partial charge in [0, 0.05) is 0 Å². The molecular formula is C14H33OP. The Kier molecular flexibility index (Phi) is 7.85. The molecule has 0 aliphatic heterocycles. The van der Waals surface area contributed by atoms with E-state index in [1.807, 2.05) is 0 Å². The van der Waals surface area contributed by atoms with E-state index in [4.69, 9.17) is 0 Å². The number of hydrogen-bond acceptors (Lipinski definition) is 1. The predicted molar refractivity (Wildman–Crippen MR) is 79.0 cm³/mol. The Morgan fingerprint density at radius 2 is 1.06 bits per heavy atom. The molecule has 100 valence electrons. The molecule has 1 nitrogen and oxygen atoms in total. The Hall–Kier alpha value is 0.390. The first kappa shape index (κ1) is 16.4. The van der Waals surface area contributed by atoms with Gasteiger partial charge in [-0.2, -0.15) is 0 Å². The summed E-state index contributed by atoms with van der Waals surface area (Å²) in [7, 11) is 0. The molecule has 1 N–H and O–H groups in total. The van der Waals surface area contributed by atoms with Gasteiger partial charge < -0.3 is 0 Å². The van der Waals surface area contributed by atoms with Gasteiger partial charge in [-0.05, 0) is 0 Å². The van der Waals surface area contributed by atoms with Crippen molar-refractivity contribution in [1.82, 2.24) is 0 Å². The average Bonchev–Trinajstić information content (AvgIpc) is 2.12. The molecule has 0 heterocycles. The molecule has 16 heavy (non-hydrogen) atoms. The number of unbranched alkanes of at least 4 members (excludes halogenated alkanes) is 8. The summed E-state index contributed by atoms with van der Waals surface area (Å²) in [4.78, 5) is 10.1. The van der Waals surface area contributed by atoms with Crippen LogP contribution in [-0.4, -0.2) is 31.0 Å². The number of hydrogen-bond donors (Lipinski definition) is 1. The van der Waals surface area contributed by atoms with Crippen molar-refractivity contribution in [3.63, 3.8) is 0 Å². The Balaban J connectivity index is 3.17. The van der Waals surface area contributed by atoms with E-state index in [1.54, 1.807) is 0 Å². The minimum atomic E-state index is -2.20. The van der Waals surface area contributed by atoms with Gasteiger partial charge in [0.2, 0.25) is 0 Å². The molecule has 0 spiro atoms. The van der Waals surface area contributed by atoms with Gasteiger partial charge in [0.1, 0.15) is 0 Å². The van der Waals surface area contributed by atoms with Crippen LogP contribution in [0.1, 0.15) is 64.7 Å². The topological polar surface area (TPSA) is 20.2 Å². The van der Waals surface area contributed by atoms with E-state index in [2.05, 4.69) is 26.9 Å². The molecule has 0 amide bonds. The van der Waals surface area contributed by atoms with Crippen molar-refractivity contribution in [2.75, 3.05) is 26.2 Å². The first-order chi connectivity index (χ1) is 7.31. The molecule has 0 aromatic rings. The number of rotatable bonds is 10. The van der Waals surface area contributed by atoms with Crippen LogP contribution in [0, 0.1) is 0 Å². The van der Waals surface area contributed by atoms with E-state index in [-0.39, 0.29) is 0 Å². The van der Waals surface area contributed by atoms with Crippen LogP contribution >= 0.6 is 6.83 Å². The summed E-state index contributed by atoms with van der Waals surface area (Å²) in [6.45, 7) is 6.22. The van der Waals surface area contributed by atoms with Crippen LogP contribution in [0.3, 0.4) is 0 Å².